The Bertz CT molecular complexity index is 147. The number of aliphatic hydroxyl groups excluding tert-OH is 1. The van der Waals surface area contributed by atoms with E-state index in [1.54, 1.807) is 6.92 Å². The first kappa shape index (κ1) is 11.9. The van der Waals surface area contributed by atoms with Crippen LogP contribution in [0.5, 0.6) is 0 Å². The summed E-state index contributed by atoms with van der Waals surface area (Å²) in [5.74, 6) is 0. The lowest BCUT2D eigenvalue weighted by molar-refractivity contribution is 0.0706. The van der Waals surface area contributed by atoms with Gasteiger partial charge in [0.1, 0.15) is 0 Å². The van der Waals surface area contributed by atoms with Crippen molar-refractivity contribution in [3.8, 4) is 0 Å². The van der Waals surface area contributed by atoms with Gasteiger partial charge in [0, 0.05) is 25.2 Å². The van der Waals surface area contributed by atoms with Gasteiger partial charge in [0.05, 0.1) is 19.3 Å². The maximum atomic E-state index is 9.10. The Kier molecular flexibility index (Phi) is 5.40. The molecule has 0 aromatic carbocycles. The summed E-state index contributed by atoms with van der Waals surface area (Å²) in [7, 11) is 0. The van der Waals surface area contributed by atoms with E-state index in [0.717, 1.165) is 26.2 Å². The molecule has 0 radical (unpaired) electrons. The number of aliphatic hydroxyl groups is 1. The minimum absolute atomic E-state index is 0.270. The van der Waals surface area contributed by atoms with Gasteiger partial charge in [0.2, 0.25) is 0 Å². The van der Waals surface area contributed by atoms with Crippen LogP contribution in [0.25, 0.3) is 0 Å². The number of hydrogen-bond acceptors (Lipinski definition) is 4. The van der Waals surface area contributed by atoms with Crippen molar-refractivity contribution in [3.05, 3.63) is 0 Å². The average molecular weight is 202 g/mol. The molecule has 0 aromatic rings. The summed E-state index contributed by atoms with van der Waals surface area (Å²) in [5, 5.41) is 15.8. The molecule has 3 unspecified atom stereocenters. The normalized spacial score (nSPS) is 27.2. The number of ether oxygens (including phenoxy) is 1. The highest BCUT2D eigenvalue weighted by Gasteiger charge is 2.15. The Morgan fingerprint density at radius 2 is 2.36 bits per heavy atom. The first-order chi connectivity index (χ1) is 6.68. The van der Waals surface area contributed by atoms with Crippen molar-refractivity contribution in [1.82, 2.24) is 10.6 Å². The number of rotatable bonds is 5. The van der Waals surface area contributed by atoms with E-state index >= 15 is 0 Å². The Hall–Kier alpha value is -0.160. The van der Waals surface area contributed by atoms with E-state index in [2.05, 4.69) is 17.6 Å². The number of hydrogen-bond donors (Lipinski definition) is 3. The monoisotopic (exact) mass is 202 g/mol. The molecule has 14 heavy (non-hydrogen) atoms. The predicted octanol–water partition coefficient (Wildman–Crippen LogP) is -0.276. The zero-order valence-electron chi connectivity index (χ0n) is 9.12. The molecular formula is C10H22N2O2. The van der Waals surface area contributed by atoms with Crippen LogP contribution in [-0.4, -0.2) is 49.6 Å². The van der Waals surface area contributed by atoms with E-state index in [-0.39, 0.29) is 6.10 Å². The summed E-state index contributed by atoms with van der Waals surface area (Å²) < 4.78 is 5.37. The summed E-state index contributed by atoms with van der Waals surface area (Å²) in [6, 6.07) is 0.879. The molecule has 3 N–H and O–H groups in total. The first-order valence-electron chi connectivity index (χ1n) is 5.41. The first-order valence-corrected chi connectivity index (χ1v) is 5.41. The van der Waals surface area contributed by atoms with E-state index in [1.807, 2.05) is 0 Å². The molecule has 1 aliphatic rings. The van der Waals surface area contributed by atoms with Gasteiger partial charge in [-0.05, 0) is 20.3 Å². The van der Waals surface area contributed by atoms with E-state index in [4.69, 9.17) is 9.84 Å². The second kappa shape index (κ2) is 6.35. The number of nitrogens with one attached hydrogen (secondary N) is 2. The van der Waals surface area contributed by atoms with Gasteiger partial charge in [0.15, 0.2) is 0 Å². The van der Waals surface area contributed by atoms with Gasteiger partial charge >= 0.3 is 0 Å². The topological polar surface area (TPSA) is 53.5 Å². The molecule has 0 bridgehead atoms. The van der Waals surface area contributed by atoms with Crippen molar-refractivity contribution in [3.63, 3.8) is 0 Å². The van der Waals surface area contributed by atoms with Gasteiger partial charge in [-0.3, -0.25) is 0 Å². The highest BCUT2D eigenvalue weighted by atomic mass is 16.5. The second-order valence-corrected chi connectivity index (χ2v) is 4.12. The highest BCUT2D eigenvalue weighted by Crippen LogP contribution is 2.02. The van der Waals surface area contributed by atoms with Crippen LogP contribution in [0.2, 0.25) is 0 Å². The van der Waals surface area contributed by atoms with Crippen LogP contribution >= 0.6 is 0 Å². The number of morpholine rings is 1. The summed E-state index contributed by atoms with van der Waals surface area (Å²) in [6.45, 7) is 7.18. The Morgan fingerprint density at radius 3 is 2.93 bits per heavy atom. The maximum absolute atomic E-state index is 9.10. The third kappa shape index (κ3) is 4.91. The minimum Gasteiger partial charge on any atom is -0.392 e. The highest BCUT2D eigenvalue weighted by molar-refractivity contribution is 4.76. The van der Waals surface area contributed by atoms with Gasteiger partial charge < -0.3 is 20.5 Å². The molecule has 1 fully saturated rings. The summed E-state index contributed by atoms with van der Waals surface area (Å²) >= 11 is 0. The van der Waals surface area contributed by atoms with E-state index < -0.39 is 0 Å². The van der Waals surface area contributed by atoms with Crippen molar-refractivity contribution in [2.24, 2.45) is 0 Å². The third-order valence-corrected chi connectivity index (χ3v) is 2.40. The van der Waals surface area contributed by atoms with E-state index in [1.165, 1.54) is 0 Å². The molecule has 4 heteroatoms. The zero-order valence-corrected chi connectivity index (χ0v) is 9.12. The molecule has 84 valence electrons. The fourth-order valence-corrected chi connectivity index (χ4v) is 1.65. The third-order valence-electron chi connectivity index (χ3n) is 2.40. The quantitative estimate of drug-likeness (QED) is 0.574. The van der Waals surface area contributed by atoms with Crippen LogP contribution in [0.1, 0.15) is 20.3 Å². The van der Waals surface area contributed by atoms with Gasteiger partial charge in [-0.1, -0.05) is 0 Å². The molecule has 0 amide bonds. The predicted molar refractivity (Wildman–Crippen MR) is 56.4 cm³/mol. The Balaban J connectivity index is 2.09. The van der Waals surface area contributed by atoms with Crippen LogP contribution in [0.3, 0.4) is 0 Å². The summed E-state index contributed by atoms with van der Waals surface area (Å²) in [6.07, 6.45) is 0.778. The molecule has 4 nitrogen and oxygen atoms in total. The largest absolute Gasteiger partial charge is 0.392 e. The fraction of sp³-hybridized carbons (Fsp3) is 1.00. The fourth-order valence-electron chi connectivity index (χ4n) is 1.65. The summed E-state index contributed by atoms with van der Waals surface area (Å²) in [5.41, 5.74) is 0. The molecule has 1 rings (SSSR count). The van der Waals surface area contributed by atoms with Crippen LogP contribution in [0.15, 0.2) is 0 Å². The standard InChI is InChI=1S/C10H22N2O2/c1-8(12-6-9(2)13)5-10-7-14-4-3-11-10/h8-13H,3-7H2,1-2H3. The smallest absolute Gasteiger partial charge is 0.0636 e. The van der Waals surface area contributed by atoms with E-state index in [0.29, 0.717) is 18.6 Å². The van der Waals surface area contributed by atoms with Crippen molar-refractivity contribution in [1.29, 1.82) is 0 Å². The van der Waals surface area contributed by atoms with Crippen LogP contribution < -0.4 is 10.6 Å². The van der Waals surface area contributed by atoms with Gasteiger partial charge in [-0.2, -0.15) is 0 Å². The maximum Gasteiger partial charge on any atom is 0.0636 e. The molecule has 1 saturated heterocycles. The van der Waals surface area contributed by atoms with Crippen molar-refractivity contribution < 1.29 is 9.84 Å². The van der Waals surface area contributed by atoms with Crippen LogP contribution in [0.4, 0.5) is 0 Å². The molecule has 0 spiro atoms. The Morgan fingerprint density at radius 1 is 1.57 bits per heavy atom. The second-order valence-electron chi connectivity index (χ2n) is 4.12. The zero-order chi connectivity index (χ0) is 10.4. The van der Waals surface area contributed by atoms with Gasteiger partial charge in [-0.15, -0.1) is 0 Å². The molecule has 1 heterocycles. The van der Waals surface area contributed by atoms with Crippen molar-refractivity contribution >= 4 is 0 Å². The molecule has 3 atom stereocenters. The van der Waals surface area contributed by atoms with Gasteiger partial charge in [-0.25, -0.2) is 0 Å². The molecule has 0 aromatic heterocycles. The lowest BCUT2D eigenvalue weighted by Gasteiger charge is -2.27. The molecular weight excluding hydrogens is 180 g/mol. The molecule has 0 aliphatic carbocycles. The molecule has 1 aliphatic heterocycles. The lowest BCUT2D eigenvalue weighted by atomic mass is 10.1. The van der Waals surface area contributed by atoms with E-state index in [9.17, 15) is 0 Å². The van der Waals surface area contributed by atoms with Crippen molar-refractivity contribution in [2.45, 2.75) is 38.5 Å². The van der Waals surface area contributed by atoms with Crippen LogP contribution in [-0.2, 0) is 4.74 Å². The van der Waals surface area contributed by atoms with Crippen LogP contribution in [0, 0.1) is 0 Å². The minimum atomic E-state index is -0.270. The summed E-state index contributed by atoms with van der Waals surface area (Å²) in [4.78, 5) is 0. The SMILES string of the molecule is CC(O)CNC(C)CC1COCCN1. The lowest BCUT2D eigenvalue weighted by Crippen LogP contribution is -2.45. The molecule has 0 saturated carbocycles. The van der Waals surface area contributed by atoms with Gasteiger partial charge in [0.25, 0.3) is 0 Å². The Labute approximate surface area is 86.0 Å². The van der Waals surface area contributed by atoms with Crippen molar-refractivity contribution in [2.75, 3.05) is 26.3 Å². The average Bonchev–Trinajstić information content (AvgIpc) is 2.16.